The van der Waals surface area contributed by atoms with Crippen molar-refractivity contribution in [3.63, 3.8) is 0 Å². The van der Waals surface area contributed by atoms with E-state index in [9.17, 15) is 0 Å². The van der Waals surface area contributed by atoms with Crippen LogP contribution < -0.4 is 0 Å². The molecule has 0 saturated heterocycles. The SMILES string of the molecule is CCC(ON=C(c1ccccn1)c1cccs1)N(C)C. The van der Waals surface area contributed by atoms with E-state index in [-0.39, 0.29) is 6.23 Å². The zero-order valence-corrected chi connectivity index (χ0v) is 12.8. The number of hydrogen-bond acceptors (Lipinski definition) is 5. The van der Waals surface area contributed by atoms with Crippen LogP contribution in [0.1, 0.15) is 23.9 Å². The Morgan fingerprint density at radius 1 is 1.35 bits per heavy atom. The molecule has 1 atom stereocenters. The van der Waals surface area contributed by atoms with E-state index in [1.54, 1.807) is 17.5 Å². The molecule has 0 fully saturated rings. The maximum atomic E-state index is 5.67. The van der Waals surface area contributed by atoms with Crippen LogP contribution in [0.3, 0.4) is 0 Å². The third-order valence-electron chi connectivity index (χ3n) is 2.85. The zero-order chi connectivity index (χ0) is 14.4. The third-order valence-corrected chi connectivity index (χ3v) is 3.73. The first-order valence-electron chi connectivity index (χ1n) is 6.58. The van der Waals surface area contributed by atoms with Crippen molar-refractivity contribution in [2.75, 3.05) is 14.1 Å². The lowest BCUT2D eigenvalue weighted by Gasteiger charge is -2.20. The highest BCUT2D eigenvalue weighted by atomic mass is 32.1. The average Bonchev–Trinajstić information content (AvgIpc) is 2.98. The number of thiophene rings is 1. The highest BCUT2D eigenvalue weighted by Gasteiger charge is 2.13. The Balaban J connectivity index is 2.28. The molecule has 20 heavy (non-hydrogen) atoms. The Labute approximate surface area is 123 Å². The lowest BCUT2D eigenvalue weighted by Crippen LogP contribution is -2.28. The van der Waals surface area contributed by atoms with Gasteiger partial charge in [-0.3, -0.25) is 9.88 Å². The summed E-state index contributed by atoms with van der Waals surface area (Å²) >= 11 is 1.63. The molecule has 0 aliphatic rings. The van der Waals surface area contributed by atoms with E-state index < -0.39 is 0 Å². The van der Waals surface area contributed by atoms with Crippen molar-refractivity contribution in [3.05, 3.63) is 52.5 Å². The summed E-state index contributed by atoms with van der Waals surface area (Å²) in [7, 11) is 3.96. The molecule has 1 unspecified atom stereocenters. The van der Waals surface area contributed by atoms with Crippen LogP contribution in [0.15, 0.2) is 47.1 Å². The smallest absolute Gasteiger partial charge is 0.180 e. The van der Waals surface area contributed by atoms with Gasteiger partial charge in [-0.15, -0.1) is 11.3 Å². The maximum Gasteiger partial charge on any atom is 0.180 e. The van der Waals surface area contributed by atoms with Crippen LogP contribution >= 0.6 is 11.3 Å². The van der Waals surface area contributed by atoms with E-state index in [0.29, 0.717) is 0 Å². The van der Waals surface area contributed by atoms with E-state index in [1.807, 2.05) is 54.7 Å². The quantitative estimate of drug-likeness (QED) is 0.465. The van der Waals surface area contributed by atoms with Crippen LogP contribution in [0.4, 0.5) is 0 Å². The van der Waals surface area contributed by atoms with Crippen LogP contribution in [-0.2, 0) is 4.84 Å². The molecule has 106 valence electrons. The average molecular weight is 289 g/mol. The summed E-state index contributed by atoms with van der Waals surface area (Å²) in [5.41, 5.74) is 1.60. The summed E-state index contributed by atoms with van der Waals surface area (Å²) in [6.45, 7) is 2.08. The number of pyridine rings is 1. The molecule has 0 aliphatic heterocycles. The fourth-order valence-electron chi connectivity index (χ4n) is 1.78. The lowest BCUT2D eigenvalue weighted by molar-refractivity contribution is -0.0352. The summed E-state index contributed by atoms with van der Waals surface area (Å²) < 4.78 is 0. The summed E-state index contributed by atoms with van der Waals surface area (Å²) in [5.74, 6) is 0. The third kappa shape index (κ3) is 3.65. The molecular weight excluding hydrogens is 270 g/mol. The first-order valence-corrected chi connectivity index (χ1v) is 7.46. The van der Waals surface area contributed by atoms with Gasteiger partial charge in [0.05, 0.1) is 10.6 Å². The molecule has 0 saturated carbocycles. The molecule has 0 aliphatic carbocycles. The van der Waals surface area contributed by atoms with Gasteiger partial charge in [0.25, 0.3) is 0 Å². The van der Waals surface area contributed by atoms with E-state index in [1.165, 1.54) is 0 Å². The van der Waals surface area contributed by atoms with Gasteiger partial charge in [-0.2, -0.15) is 0 Å². The highest BCUT2D eigenvalue weighted by molar-refractivity contribution is 7.12. The molecule has 2 heterocycles. The van der Waals surface area contributed by atoms with E-state index in [0.717, 1.165) is 22.7 Å². The van der Waals surface area contributed by atoms with E-state index in [2.05, 4.69) is 17.1 Å². The largest absolute Gasteiger partial charge is 0.376 e. The molecule has 0 bridgehead atoms. The van der Waals surface area contributed by atoms with Crippen molar-refractivity contribution in [2.24, 2.45) is 5.16 Å². The first-order chi connectivity index (χ1) is 9.72. The van der Waals surface area contributed by atoms with Gasteiger partial charge in [0.15, 0.2) is 6.23 Å². The van der Waals surface area contributed by atoms with Crippen molar-refractivity contribution in [3.8, 4) is 0 Å². The molecular formula is C15H19N3OS. The predicted molar refractivity (Wildman–Crippen MR) is 83.0 cm³/mol. The molecule has 0 spiro atoms. The number of oxime groups is 1. The Hall–Kier alpha value is -1.72. The summed E-state index contributed by atoms with van der Waals surface area (Å²) in [5, 5.41) is 6.38. The van der Waals surface area contributed by atoms with Crippen LogP contribution in [0.5, 0.6) is 0 Å². The van der Waals surface area contributed by atoms with Gasteiger partial charge < -0.3 is 4.84 Å². The topological polar surface area (TPSA) is 37.7 Å². The van der Waals surface area contributed by atoms with Crippen molar-refractivity contribution in [2.45, 2.75) is 19.6 Å². The molecule has 4 nitrogen and oxygen atoms in total. The Morgan fingerprint density at radius 2 is 2.20 bits per heavy atom. The Morgan fingerprint density at radius 3 is 2.75 bits per heavy atom. The summed E-state index contributed by atoms with van der Waals surface area (Å²) in [6.07, 6.45) is 2.60. The van der Waals surface area contributed by atoms with Crippen LogP contribution in [0, 0.1) is 0 Å². The van der Waals surface area contributed by atoms with Gasteiger partial charge in [0.2, 0.25) is 0 Å². The van der Waals surface area contributed by atoms with Crippen LogP contribution in [-0.4, -0.2) is 35.9 Å². The maximum absolute atomic E-state index is 5.67. The molecule has 0 N–H and O–H groups in total. The van der Waals surface area contributed by atoms with Gasteiger partial charge in [0, 0.05) is 6.20 Å². The van der Waals surface area contributed by atoms with Gasteiger partial charge >= 0.3 is 0 Å². The molecule has 0 aromatic carbocycles. The predicted octanol–water partition coefficient (Wildman–Crippen LogP) is 3.21. The fourth-order valence-corrected chi connectivity index (χ4v) is 2.50. The summed E-state index contributed by atoms with van der Waals surface area (Å²) in [4.78, 5) is 13.1. The second-order valence-corrected chi connectivity index (χ2v) is 5.51. The minimum Gasteiger partial charge on any atom is -0.376 e. The van der Waals surface area contributed by atoms with Crippen molar-refractivity contribution in [1.82, 2.24) is 9.88 Å². The molecule has 2 rings (SSSR count). The lowest BCUT2D eigenvalue weighted by atomic mass is 10.2. The normalized spacial score (nSPS) is 13.5. The zero-order valence-electron chi connectivity index (χ0n) is 12.0. The van der Waals surface area contributed by atoms with Gasteiger partial charge in [-0.1, -0.05) is 24.2 Å². The van der Waals surface area contributed by atoms with Gasteiger partial charge in [-0.25, -0.2) is 0 Å². The Kier molecular flexibility index (Phi) is 5.26. The number of aromatic nitrogens is 1. The molecule has 5 heteroatoms. The fraction of sp³-hybridized carbons (Fsp3) is 0.333. The molecule has 2 aromatic heterocycles. The number of hydrogen-bond donors (Lipinski definition) is 0. The summed E-state index contributed by atoms with van der Waals surface area (Å²) in [6, 6.07) is 9.82. The van der Waals surface area contributed by atoms with E-state index in [4.69, 9.17) is 4.84 Å². The standard InChI is InChI=1S/C15H19N3OS/c1-4-14(18(2)3)19-17-15(13-9-7-11-20-13)12-8-5-6-10-16-12/h5-11,14H,4H2,1-3H3. The second-order valence-electron chi connectivity index (χ2n) is 4.56. The Bertz CT molecular complexity index is 538. The molecule has 2 aromatic rings. The van der Waals surface area contributed by atoms with Gasteiger partial charge in [0.1, 0.15) is 5.71 Å². The van der Waals surface area contributed by atoms with Crippen LogP contribution in [0.25, 0.3) is 0 Å². The molecule has 0 radical (unpaired) electrons. The minimum absolute atomic E-state index is 0.0336. The number of rotatable bonds is 6. The van der Waals surface area contributed by atoms with Gasteiger partial charge in [-0.05, 0) is 44.1 Å². The van der Waals surface area contributed by atoms with Crippen molar-refractivity contribution < 1.29 is 4.84 Å². The van der Waals surface area contributed by atoms with E-state index >= 15 is 0 Å². The minimum atomic E-state index is -0.0336. The highest BCUT2D eigenvalue weighted by Crippen LogP contribution is 2.16. The van der Waals surface area contributed by atoms with Crippen molar-refractivity contribution in [1.29, 1.82) is 0 Å². The number of nitrogens with zero attached hydrogens (tertiary/aromatic N) is 3. The second kappa shape index (κ2) is 7.17. The first kappa shape index (κ1) is 14.7. The van der Waals surface area contributed by atoms with Crippen LogP contribution in [0.2, 0.25) is 0 Å². The molecule has 0 amide bonds. The monoisotopic (exact) mass is 289 g/mol. The van der Waals surface area contributed by atoms with Crippen molar-refractivity contribution >= 4 is 17.0 Å².